The van der Waals surface area contributed by atoms with E-state index in [0.717, 1.165) is 0 Å². The zero-order valence-electron chi connectivity index (χ0n) is 21.9. The number of carbonyl (C=O) groups excluding carboxylic acids is 4. The van der Waals surface area contributed by atoms with Gasteiger partial charge in [-0.25, -0.2) is 4.79 Å². The third-order valence-corrected chi connectivity index (χ3v) is 5.31. The Morgan fingerprint density at radius 1 is 1.17 bits per heavy atom. The summed E-state index contributed by atoms with van der Waals surface area (Å²) in [6, 6.07) is 2.50. The van der Waals surface area contributed by atoms with E-state index in [9.17, 15) is 24.3 Å². The number of phenols is 1. The fourth-order valence-electron chi connectivity index (χ4n) is 3.38. The predicted octanol–water partition coefficient (Wildman–Crippen LogP) is 2.87. The fraction of sp³-hybridized carbons (Fsp3) is 0.600. The standard InChI is InChI=1S/C25H39N3O7S/c1-7-13-28(23(32)18(15-36)27-24(33)35-25(4,5)6)21(17-9-10-19(29)16(3)14-17)22(31)26-12-11-20(30)34-8-2/h9-10,14,18,21,29,36H,7-8,11-13,15H2,1-6H3,(H,26,31)(H,27,33). The van der Waals surface area contributed by atoms with Crippen LogP contribution in [0, 0.1) is 6.92 Å². The lowest BCUT2D eigenvalue weighted by Crippen LogP contribution is -2.54. The Bertz CT molecular complexity index is 917. The quantitative estimate of drug-likeness (QED) is 0.243. The van der Waals surface area contributed by atoms with Gasteiger partial charge in [0.15, 0.2) is 0 Å². The molecule has 0 fully saturated rings. The second-order valence-corrected chi connectivity index (χ2v) is 9.57. The lowest BCUT2D eigenvalue weighted by Gasteiger charge is -2.34. The van der Waals surface area contributed by atoms with E-state index >= 15 is 0 Å². The van der Waals surface area contributed by atoms with E-state index in [1.165, 1.54) is 11.0 Å². The number of amides is 3. The van der Waals surface area contributed by atoms with Gasteiger partial charge in [-0.3, -0.25) is 14.4 Å². The summed E-state index contributed by atoms with van der Waals surface area (Å²) in [6.45, 7) is 10.8. The van der Waals surface area contributed by atoms with E-state index in [1.807, 2.05) is 6.92 Å². The predicted molar refractivity (Wildman–Crippen MR) is 139 cm³/mol. The highest BCUT2D eigenvalue weighted by molar-refractivity contribution is 7.80. The number of aryl methyl sites for hydroxylation is 1. The van der Waals surface area contributed by atoms with Gasteiger partial charge in [0, 0.05) is 18.8 Å². The zero-order valence-corrected chi connectivity index (χ0v) is 22.8. The van der Waals surface area contributed by atoms with Gasteiger partial charge in [-0.2, -0.15) is 12.6 Å². The Labute approximate surface area is 218 Å². The SMILES string of the molecule is CCCN(C(=O)C(CS)NC(=O)OC(C)(C)C)C(C(=O)NCCC(=O)OCC)c1ccc(O)c(C)c1. The lowest BCUT2D eigenvalue weighted by atomic mass is 10.00. The van der Waals surface area contributed by atoms with Crippen LogP contribution in [0.2, 0.25) is 0 Å². The van der Waals surface area contributed by atoms with Crippen molar-refractivity contribution in [3.63, 3.8) is 0 Å². The number of benzene rings is 1. The van der Waals surface area contributed by atoms with Crippen LogP contribution in [0.4, 0.5) is 4.79 Å². The van der Waals surface area contributed by atoms with Crippen molar-refractivity contribution in [3.05, 3.63) is 29.3 Å². The number of nitrogens with one attached hydrogen (secondary N) is 2. The molecule has 0 bridgehead atoms. The highest BCUT2D eigenvalue weighted by Gasteiger charge is 2.35. The van der Waals surface area contributed by atoms with Crippen molar-refractivity contribution in [2.45, 2.75) is 72.1 Å². The molecule has 0 spiro atoms. The van der Waals surface area contributed by atoms with Gasteiger partial charge in [-0.15, -0.1) is 0 Å². The number of nitrogens with zero attached hydrogens (tertiary/aromatic N) is 1. The molecule has 36 heavy (non-hydrogen) atoms. The van der Waals surface area contributed by atoms with Crippen LogP contribution in [-0.4, -0.2) is 71.0 Å². The smallest absolute Gasteiger partial charge is 0.408 e. The number of carbonyl (C=O) groups is 4. The molecule has 0 aromatic heterocycles. The number of hydrogen-bond donors (Lipinski definition) is 4. The van der Waals surface area contributed by atoms with Crippen LogP contribution >= 0.6 is 12.6 Å². The summed E-state index contributed by atoms with van der Waals surface area (Å²) < 4.78 is 10.2. The molecule has 0 heterocycles. The van der Waals surface area contributed by atoms with Gasteiger partial charge < -0.3 is 30.1 Å². The van der Waals surface area contributed by atoms with E-state index in [-0.39, 0.29) is 37.6 Å². The average Bonchev–Trinajstić information content (AvgIpc) is 2.78. The molecular formula is C25H39N3O7S. The minimum Gasteiger partial charge on any atom is -0.508 e. The largest absolute Gasteiger partial charge is 0.508 e. The number of phenolic OH excluding ortho intramolecular Hbond substituents is 1. The minimum absolute atomic E-state index is 0.0194. The van der Waals surface area contributed by atoms with E-state index in [0.29, 0.717) is 17.5 Å². The second kappa shape index (κ2) is 14.6. The molecule has 1 aromatic rings. The molecule has 0 aliphatic carbocycles. The number of hydrogen-bond acceptors (Lipinski definition) is 8. The molecule has 10 nitrogen and oxygen atoms in total. The van der Waals surface area contributed by atoms with E-state index in [4.69, 9.17) is 9.47 Å². The Morgan fingerprint density at radius 2 is 1.83 bits per heavy atom. The number of aromatic hydroxyl groups is 1. The third-order valence-electron chi connectivity index (χ3n) is 4.95. The molecule has 3 N–H and O–H groups in total. The Hall–Kier alpha value is -2.95. The summed E-state index contributed by atoms with van der Waals surface area (Å²) in [5.41, 5.74) is 0.233. The van der Waals surface area contributed by atoms with Gasteiger partial charge in [0.25, 0.3) is 0 Å². The molecule has 0 aliphatic rings. The van der Waals surface area contributed by atoms with Crippen molar-refractivity contribution >= 4 is 36.5 Å². The van der Waals surface area contributed by atoms with Gasteiger partial charge in [0.05, 0.1) is 13.0 Å². The highest BCUT2D eigenvalue weighted by atomic mass is 32.1. The maximum atomic E-state index is 13.6. The van der Waals surface area contributed by atoms with Crippen LogP contribution in [0.1, 0.15) is 64.6 Å². The molecule has 0 radical (unpaired) electrons. The molecular weight excluding hydrogens is 486 g/mol. The number of alkyl carbamates (subject to hydrolysis) is 1. The molecule has 0 aliphatic heterocycles. The summed E-state index contributed by atoms with van der Waals surface area (Å²) in [5, 5.41) is 15.2. The van der Waals surface area contributed by atoms with Crippen LogP contribution in [0.3, 0.4) is 0 Å². The Balaban J connectivity index is 3.29. The van der Waals surface area contributed by atoms with Crippen LogP contribution < -0.4 is 10.6 Å². The summed E-state index contributed by atoms with van der Waals surface area (Å²) in [5.74, 6) is -1.46. The Morgan fingerprint density at radius 3 is 2.36 bits per heavy atom. The minimum atomic E-state index is -1.08. The third kappa shape index (κ3) is 9.96. The summed E-state index contributed by atoms with van der Waals surface area (Å²) in [4.78, 5) is 52.4. The molecule has 202 valence electrons. The van der Waals surface area contributed by atoms with Gasteiger partial charge in [0.1, 0.15) is 23.4 Å². The monoisotopic (exact) mass is 525 g/mol. The van der Waals surface area contributed by atoms with Gasteiger partial charge in [-0.1, -0.05) is 13.0 Å². The maximum Gasteiger partial charge on any atom is 0.408 e. The van der Waals surface area contributed by atoms with Gasteiger partial charge in [-0.05, 0) is 64.3 Å². The first kappa shape index (κ1) is 31.1. The topological polar surface area (TPSA) is 134 Å². The van der Waals surface area contributed by atoms with Crippen molar-refractivity contribution in [3.8, 4) is 5.75 Å². The lowest BCUT2D eigenvalue weighted by molar-refractivity contribution is -0.144. The maximum absolute atomic E-state index is 13.6. The molecule has 11 heteroatoms. The zero-order chi connectivity index (χ0) is 27.5. The van der Waals surface area contributed by atoms with Crippen molar-refractivity contribution in [1.29, 1.82) is 0 Å². The van der Waals surface area contributed by atoms with Gasteiger partial charge in [0.2, 0.25) is 11.8 Å². The second-order valence-electron chi connectivity index (χ2n) is 9.21. The van der Waals surface area contributed by atoms with Crippen molar-refractivity contribution in [2.24, 2.45) is 0 Å². The first-order chi connectivity index (χ1) is 16.8. The van der Waals surface area contributed by atoms with E-state index in [1.54, 1.807) is 46.8 Å². The van der Waals surface area contributed by atoms with E-state index < -0.39 is 41.6 Å². The van der Waals surface area contributed by atoms with Crippen LogP contribution in [-0.2, 0) is 23.9 Å². The molecule has 1 aromatic carbocycles. The first-order valence-electron chi connectivity index (χ1n) is 12.0. The van der Waals surface area contributed by atoms with E-state index in [2.05, 4.69) is 23.3 Å². The van der Waals surface area contributed by atoms with Crippen molar-refractivity contribution < 1.29 is 33.8 Å². The molecule has 2 unspecified atom stereocenters. The summed E-state index contributed by atoms with van der Waals surface area (Å²) in [7, 11) is 0. The van der Waals surface area contributed by atoms with Crippen LogP contribution in [0.15, 0.2) is 18.2 Å². The molecule has 1 rings (SSSR count). The summed E-state index contributed by atoms with van der Waals surface area (Å²) >= 11 is 4.24. The first-order valence-corrected chi connectivity index (χ1v) is 12.6. The van der Waals surface area contributed by atoms with Crippen molar-refractivity contribution in [1.82, 2.24) is 15.5 Å². The summed E-state index contributed by atoms with van der Waals surface area (Å²) in [6.07, 6.45) is -0.272. The molecule has 0 saturated heterocycles. The molecule has 2 atom stereocenters. The highest BCUT2D eigenvalue weighted by Crippen LogP contribution is 2.27. The molecule has 3 amide bonds. The van der Waals surface area contributed by atoms with Crippen molar-refractivity contribution in [2.75, 3.05) is 25.4 Å². The average molecular weight is 526 g/mol. The van der Waals surface area contributed by atoms with Crippen LogP contribution in [0.5, 0.6) is 5.75 Å². The van der Waals surface area contributed by atoms with Gasteiger partial charge >= 0.3 is 12.1 Å². The Kier molecular flexibility index (Phi) is 12.6. The number of thiol groups is 1. The van der Waals surface area contributed by atoms with Crippen LogP contribution in [0.25, 0.3) is 0 Å². The normalized spacial score (nSPS) is 12.8. The fourth-order valence-corrected chi connectivity index (χ4v) is 3.63. The molecule has 0 saturated carbocycles. The number of esters is 1. The number of rotatable bonds is 12. The number of ether oxygens (including phenoxy) is 2.